The average Bonchev–Trinajstić information content (AvgIpc) is 0.801. The highest BCUT2D eigenvalue weighted by Crippen LogP contribution is 2.46. The van der Waals surface area contributed by atoms with Gasteiger partial charge in [-0.1, -0.05) is 197 Å². The zero-order chi connectivity index (χ0) is 66.0. The third kappa shape index (κ3) is 16.8. The smallest absolute Gasteiger partial charge is 0.126 e. The Labute approximate surface area is 549 Å². The number of methoxy groups -OCH3 is 3. The molecule has 0 atom stereocenters. The number of rotatable bonds is 3. The molecule has 10 nitrogen and oxygen atoms in total. The van der Waals surface area contributed by atoms with Crippen molar-refractivity contribution in [1.82, 2.24) is 20.9 Å². The van der Waals surface area contributed by atoms with Crippen molar-refractivity contribution >= 4 is 0 Å². The van der Waals surface area contributed by atoms with E-state index in [0.29, 0.717) is 78.0 Å². The van der Waals surface area contributed by atoms with Gasteiger partial charge in [-0.15, -0.1) is 0 Å². The van der Waals surface area contributed by atoms with E-state index < -0.39 is 0 Å². The summed E-state index contributed by atoms with van der Waals surface area (Å²) in [5.74, 6) is 5.45. The molecule has 10 heteroatoms. The molecule has 6 aromatic carbocycles. The molecule has 0 aliphatic carbocycles. The topological polar surface area (TPSA) is 94.7 Å². The molecule has 0 radical (unpaired) electrons. The first kappa shape index (κ1) is 69.3. The number of fused-ring (bicyclic) bond motifs is 21. The molecule has 10 bridgehead atoms. The molecule has 0 saturated carbocycles. The maximum absolute atomic E-state index is 7.38. The van der Waals surface area contributed by atoms with Crippen LogP contribution in [0.25, 0.3) is 0 Å². The normalized spacial score (nSPS) is 16.6. The van der Waals surface area contributed by atoms with E-state index in [1.807, 2.05) is 21.3 Å². The van der Waals surface area contributed by atoms with Crippen molar-refractivity contribution in [3.05, 3.63) is 173 Å². The Hall–Kier alpha value is -6.04. The van der Waals surface area contributed by atoms with Gasteiger partial charge in [0.25, 0.3) is 0 Å². The van der Waals surface area contributed by atoms with Crippen LogP contribution in [0.1, 0.15) is 225 Å². The van der Waals surface area contributed by atoms with E-state index in [2.05, 4.69) is 218 Å². The van der Waals surface area contributed by atoms with Gasteiger partial charge in [0, 0.05) is 97.4 Å². The predicted octanol–water partition coefficient (Wildman–Crippen LogP) is 15.6. The highest BCUT2D eigenvalue weighted by molar-refractivity contribution is 5.61. The number of nitrogens with zero attached hydrogens (tertiary/aromatic N) is 1. The second-order valence-corrected chi connectivity index (χ2v) is 32.6. The van der Waals surface area contributed by atoms with E-state index in [1.165, 1.54) is 33.4 Å². The van der Waals surface area contributed by atoms with Gasteiger partial charge < -0.3 is 44.4 Å². The van der Waals surface area contributed by atoms with Gasteiger partial charge in [-0.25, -0.2) is 0 Å². The van der Waals surface area contributed by atoms with Crippen molar-refractivity contribution in [2.45, 2.75) is 196 Å². The van der Waals surface area contributed by atoms with Gasteiger partial charge in [-0.2, -0.15) is 0 Å². The van der Waals surface area contributed by atoms with E-state index >= 15 is 0 Å². The SMILES string of the molecule is COc1c2cc(C(C)(C)C)cc1Cc1cc(C(C)(C)C)cc3c1OCCNCCN1CCNCCOc4c(cc(C(C)(C)C)cc4Cc4cc(C(C)(C)C)cc(c4OC)Cc4cc(C(C)(C)C)cc(c4OCCNCC1)Cc1cc(C(C)(C)C)cc(c1OC)C3)C2. The number of ether oxygens (including phenoxy) is 6. The van der Waals surface area contributed by atoms with Gasteiger partial charge in [-0.05, 0) is 133 Å². The van der Waals surface area contributed by atoms with Crippen LogP contribution in [-0.2, 0) is 71.0 Å². The summed E-state index contributed by atoms with van der Waals surface area (Å²) in [6.45, 7) is 50.7. The standard InChI is InChI=1S/C81H114N4O6/c1-76(2,3)64-40-52-34-58-46-67(79(10,11)12)48-60-36-54-42-65(77(4,5)6)44-56(71(54)87-20)38-62-50-69(81(16,17)18)51-63-39-57-45-66(78(7,8)9)43-55(72(57)88-21)37-61-49-68(80(13,14)15)47-59(35-53(41-64)70(52)86-19)74(61)90-32-26-83-23-29-85(28-22-82-25-31-89-73(58)60)30-24-84-27-33-91-75(62)63/h40-51,82-84H,22-39H2,1-21H3. The van der Waals surface area contributed by atoms with Crippen LogP contribution in [0.4, 0.5) is 0 Å². The van der Waals surface area contributed by atoms with E-state index in [-0.39, 0.29) is 32.5 Å². The lowest BCUT2D eigenvalue weighted by atomic mass is 9.79. The van der Waals surface area contributed by atoms with Crippen LogP contribution in [-0.4, -0.2) is 105 Å². The van der Waals surface area contributed by atoms with E-state index in [4.69, 9.17) is 28.4 Å². The summed E-state index contributed by atoms with van der Waals surface area (Å²) in [4.78, 5) is 2.57. The van der Waals surface area contributed by atoms with Crippen LogP contribution >= 0.6 is 0 Å². The molecule has 3 N–H and O–H groups in total. The first-order chi connectivity index (χ1) is 42.7. The second kappa shape index (κ2) is 27.9. The predicted molar refractivity (Wildman–Crippen MR) is 379 cm³/mol. The maximum atomic E-state index is 7.38. The average molecular weight is 1240 g/mol. The maximum Gasteiger partial charge on any atom is 0.126 e. The summed E-state index contributed by atoms with van der Waals surface area (Å²) in [6.07, 6.45) is 3.57. The Morgan fingerprint density at radius 3 is 0.615 bits per heavy atom. The lowest BCUT2D eigenvalue weighted by Gasteiger charge is -2.29. The number of hydrogen-bond donors (Lipinski definition) is 3. The number of benzene rings is 6. The molecule has 6 aromatic rings. The van der Waals surface area contributed by atoms with Gasteiger partial charge in [-0.3, -0.25) is 4.90 Å². The Morgan fingerprint density at radius 1 is 0.275 bits per heavy atom. The third-order valence-electron chi connectivity index (χ3n) is 18.9. The van der Waals surface area contributed by atoms with Crippen LogP contribution in [0.3, 0.4) is 0 Å². The summed E-state index contributed by atoms with van der Waals surface area (Å²) >= 11 is 0. The summed E-state index contributed by atoms with van der Waals surface area (Å²) in [6, 6.07) is 29.0. The Kier molecular flexibility index (Phi) is 21.2. The molecule has 0 spiro atoms. The molecule has 0 unspecified atom stereocenters. The highest BCUT2D eigenvalue weighted by Gasteiger charge is 2.31. The first-order valence-electron chi connectivity index (χ1n) is 34.1. The largest absolute Gasteiger partial charge is 0.496 e. The summed E-state index contributed by atoms with van der Waals surface area (Å²) in [7, 11) is 5.57. The van der Waals surface area contributed by atoms with Gasteiger partial charge in [0.05, 0.1) is 21.3 Å². The fourth-order valence-electron chi connectivity index (χ4n) is 13.4. The summed E-state index contributed by atoms with van der Waals surface area (Å²) < 4.78 is 42.6. The molecular formula is C81H114N4O6. The van der Waals surface area contributed by atoms with Gasteiger partial charge >= 0.3 is 0 Å². The molecule has 3 aliphatic rings. The Morgan fingerprint density at radius 2 is 0.451 bits per heavy atom. The minimum Gasteiger partial charge on any atom is -0.496 e. The van der Waals surface area contributed by atoms with Gasteiger partial charge in [0.15, 0.2) is 0 Å². The second-order valence-electron chi connectivity index (χ2n) is 32.6. The zero-order valence-corrected chi connectivity index (χ0v) is 60.1. The fraction of sp³-hybridized carbons (Fsp3) is 0.556. The first-order valence-corrected chi connectivity index (χ1v) is 34.1. The van der Waals surface area contributed by atoms with E-state index in [1.54, 1.807) is 0 Å². The molecule has 9 rings (SSSR count). The highest BCUT2D eigenvalue weighted by atomic mass is 16.5. The minimum absolute atomic E-state index is 0.181. The van der Waals surface area contributed by atoms with Crippen LogP contribution in [0.5, 0.6) is 34.5 Å². The summed E-state index contributed by atoms with van der Waals surface area (Å²) in [5, 5.41) is 11.4. The van der Waals surface area contributed by atoms with E-state index in [0.717, 1.165) is 141 Å². The quantitative estimate of drug-likeness (QED) is 0.159. The van der Waals surface area contributed by atoms with E-state index in [9.17, 15) is 0 Å². The third-order valence-corrected chi connectivity index (χ3v) is 18.9. The van der Waals surface area contributed by atoms with Crippen molar-refractivity contribution < 1.29 is 28.4 Å². The van der Waals surface area contributed by atoms with Crippen molar-refractivity contribution in [2.24, 2.45) is 0 Å². The Balaban J connectivity index is 1.46. The minimum atomic E-state index is -0.184. The van der Waals surface area contributed by atoms with Crippen molar-refractivity contribution in [1.29, 1.82) is 0 Å². The lowest BCUT2D eigenvalue weighted by molar-refractivity contribution is 0.253. The van der Waals surface area contributed by atoms with Crippen LogP contribution < -0.4 is 44.4 Å². The molecule has 91 heavy (non-hydrogen) atoms. The summed E-state index contributed by atoms with van der Waals surface area (Å²) in [5.41, 5.74) is 20.0. The molecule has 3 heterocycles. The molecule has 0 aromatic heterocycles. The van der Waals surface area contributed by atoms with Crippen molar-refractivity contribution in [3.8, 4) is 34.5 Å². The number of hydrogen-bond acceptors (Lipinski definition) is 10. The van der Waals surface area contributed by atoms with Crippen molar-refractivity contribution in [2.75, 3.05) is 100 Å². The molecule has 494 valence electrons. The van der Waals surface area contributed by atoms with Gasteiger partial charge in [0.1, 0.15) is 54.3 Å². The van der Waals surface area contributed by atoms with Crippen molar-refractivity contribution in [3.63, 3.8) is 0 Å². The fourth-order valence-corrected chi connectivity index (χ4v) is 13.4. The number of nitrogens with one attached hydrogen (secondary N) is 3. The lowest BCUT2D eigenvalue weighted by Crippen LogP contribution is -2.42. The molecule has 3 aliphatic heterocycles. The zero-order valence-electron chi connectivity index (χ0n) is 60.1. The Bertz CT molecular complexity index is 3020. The molecule has 0 amide bonds. The van der Waals surface area contributed by atoms with Gasteiger partial charge in [0.2, 0.25) is 0 Å². The molecule has 0 saturated heterocycles. The van der Waals surface area contributed by atoms with Crippen LogP contribution in [0.15, 0.2) is 72.8 Å². The van der Waals surface area contributed by atoms with Crippen LogP contribution in [0, 0.1) is 0 Å². The molecule has 0 fully saturated rings. The monoisotopic (exact) mass is 1240 g/mol. The molecular weight excluding hydrogens is 1120 g/mol. The van der Waals surface area contributed by atoms with Crippen LogP contribution in [0.2, 0.25) is 0 Å².